The smallest absolute Gasteiger partial charge is 0.254 e. The number of amides is 1. The Bertz CT molecular complexity index is 525. The van der Waals surface area contributed by atoms with E-state index in [4.69, 9.17) is 4.74 Å². The van der Waals surface area contributed by atoms with E-state index in [-0.39, 0.29) is 11.9 Å². The van der Waals surface area contributed by atoms with Gasteiger partial charge in [0.15, 0.2) is 0 Å². The van der Waals surface area contributed by atoms with Crippen molar-refractivity contribution >= 4 is 27.4 Å². The molecule has 0 aliphatic carbocycles. The Balaban J connectivity index is 2.58. The average Bonchev–Trinajstić information content (AvgIpc) is 2.54. The maximum atomic E-state index is 12.5. The van der Waals surface area contributed by atoms with Crippen molar-refractivity contribution in [3.05, 3.63) is 35.4 Å². The van der Waals surface area contributed by atoms with Crippen molar-refractivity contribution in [2.75, 3.05) is 19.5 Å². The number of carbonyl (C=O) groups excluding carboxylic acids is 1. The average molecular weight is 324 g/mol. The van der Waals surface area contributed by atoms with Gasteiger partial charge in [-0.05, 0) is 36.6 Å². The van der Waals surface area contributed by atoms with Gasteiger partial charge in [0, 0.05) is 24.0 Å². The Labute approximate surface area is 122 Å². The van der Waals surface area contributed by atoms with Crippen LogP contribution in [0.5, 0.6) is 5.75 Å². The van der Waals surface area contributed by atoms with Crippen molar-refractivity contribution in [1.82, 2.24) is 4.90 Å². The van der Waals surface area contributed by atoms with Crippen LogP contribution in [-0.2, 0) is 11.2 Å². The first-order chi connectivity index (χ1) is 9.12. The molecule has 3 nitrogen and oxygen atoms in total. The third-order valence-electron chi connectivity index (χ3n) is 3.63. The number of methoxy groups -OCH3 is 1. The zero-order valence-corrected chi connectivity index (χ0v) is 13.0. The lowest BCUT2D eigenvalue weighted by atomic mass is 9.97. The topological polar surface area (TPSA) is 29.5 Å². The van der Waals surface area contributed by atoms with Crippen LogP contribution < -0.4 is 4.74 Å². The fourth-order valence-corrected chi connectivity index (χ4v) is 3.07. The third kappa shape index (κ3) is 2.54. The minimum atomic E-state index is 0.0685. The lowest BCUT2D eigenvalue weighted by Gasteiger charge is -2.24. The quantitative estimate of drug-likeness (QED) is 0.618. The number of allylic oxidation sites excluding steroid dienone is 1. The minimum Gasteiger partial charge on any atom is -0.497 e. The van der Waals surface area contributed by atoms with Crippen LogP contribution in [0.2, 0.25) is 0 Å². The van der Waals surface area contributed by atoms with E-state index in [1.165, 1.54) is 5.56 Å². The number of likely N-dealkylation sites (N-methyl/N-ethyl adjacent to an activating group) is 1. The van der Waals surface area contributed by atoms with Gasteiger partial charge in [0.05, 0.1) is 7.11 Å². The molecular weight excluding hydrogens is 306 g/mol. The molecular formula is C15H18BrNO2. The first-order valence-corrected chi connectivity index (χ1v) is 7.41. The van der Waals surface area contributed by atoms with Gasteiger partial charge in [0.25, 0.3) is 5.91 Å². The number of benzene rings is 1. The zero-order chi connectivity index (χ0) is 14.0. The van der Waals surface area contributed by atoms with E-state index >= 15 is 0 Å². The summed E-state index contributed by atoms with van der Waals surface area (Å²) in [5.74, 6) is 0.852. The number of fused-ring (bicyclic) bond motifs is 1. The molecule has 19 heavy (non-hydrogen) atoms. The molecule has 1 atom stereocenters. The van der Waals surface area contributed by atoms with Crippen LogP contribution in [0.3, 0.4) is 0 Å². The van der Waals surface area contributed by atoms with Gasteiger partial charge in [0.1, 0.15) is 5.75 Å². The van der Waals surface area contributed by atoms with Gasteiger partial charge in [-0.25, -0.2) is 0 Å². The van der Waals surface area contributed by atoms with Gasteiger partial charge in [-0.3, -0.25) is 4.79 Å². The molecule has 1 aliphatic heterocycles. The van der Waals surface area contributed by atoms with Gasteiger partial charge in [0.2, 0.25) is 0 Å². The molecule has 1 amide bonds. The lowest BCUT2D eigenvalue weighted by molar-refractivity contribution is -0.125. The van der Waals surface area contributed by atoms with E-state index < -0.39 is 0 Å². The number of alkyl halides is 1. The van der Waals surface area contributed by atoms with Gasteiger partial charge < -0.3 is 9.64 Å². The molecule has 1 aromatic carbocycles. The number of halogens is 1. The van der Waals surface area contributed by atoms with Crippen LogP contribution in [0.1, 0.15) is 18.1 Å². The molecule has 0 aromatic heterocycles. The Hall–Kier alpha value is -1.29. The van der Waals surface area contributed by atoms with Gasteiger partial charge in [-0.15, -0.1) is 0 Å². The summed E-state index contributed by atoms with van der Waals surface area (Å²) in [6.45, 7) is 1.90. The fraction of sp³-hybridized carbons (Fsp3) is 0.400. The second kappa shape index (κ2) is 5.78. The monoisotopic (exact) mass is 323 g/mol. The van der Waals surface area contributed by atoms with Crippen LogP contribution in [0.25, 0.3) is 5.57 Å². The van der Waals surface area contributed by atoms with E-state index in [0.717, 1.165) is 28.6 Å². The standard InChI is InChI=1S/C15H18BrNO2/c1-4-13-14-8-12(19-3)6-5-10(14)7-11(9-16)17(2)15(13)18/h4-6,8,11H,7,9H2,1-3H3/b13-4+/t11-/m1/s1. The van der Waals surface area contributed by atoms with Gasteiger partial charge in [-0.1, -0.05) is 28.1 Å². The van der Waals surface area contributed by atoms with Crippen molar-refractivity contribution in [2.45, 2.75) is 19.4 Å². The molecule has 1 aliphatic rings. The summed E-state index contributed by atoms with van der Waals surface area (Å²) in [6, 6.07) is 6.14. The minimum absolute atomic E-state index is 0.0685. The van der Waals surface area contributed by atoms with E-state index in [1.807, 2.05) is 37.1 Å². The summed E-state index contributed by atoms with van der Waals surface area (Å²) in [4.78, 5) is 14.3. The Morgan fingerprint density at radius 1 is 1.53 bits per heavy atom. The number of hydrogen-bond acceptors (Lipinski definition) is 2. The molecule has 0 saturated carbocycles. The largest absolute Gasteiger partial charge is 0.497 e. The van der Waals surface area contributed by atoms with E-state index in [0.29, 0.717) is 0 Å². The first kappa shape index (κ1) is 14.1. The highest BCUT2D eigenvalue weighted by Gasteiger charge is 2.29. The summed E-state index contributed by atoms with van der Waals surface area (Å²) >= 11 is 3.50. The second-order valence-corrected chi connectivity index (χ2v) is 5.30. The molecule has 102 valence electrons. The molecule has 1 heterocycles. The molecule has 4 heteroatoms. The van der Waals surface area contributed by atoms with Gasteiger partial charge in [-0.2, -0.15) is 0 Å². The first-order valence-electron chi connectivity index (χ1n) is 6.29. The summed E-state index contributed by atoms with van der Waals surface area (Å²) < 4.78 is 5.27. The van der Waals surface area contributed by atoms with Crippen LogP contribution in [0.15, 0.2) is 24.3 Å². The summed E-state index contributed by atoms with van der Waals surface area (Å²) in [6.07, 6.45) is 2.73. The summed E-state index contributed by atoms with van der Waals surface area (Å²) in [5.41, 5.74) is 2.93. The third-order valence-corrected chi connectivity index (χ3v) is 4.38. The predicted octanol–water partition coefficient (Wildman–Crippen LogP) is 2.88. The molecule has 2 rings (SSSR count). The number of nitrogens with zero attached hydrogens (tertiary/aromatic N) is 1. The predicted molar refractivity (Wildman–Crippen MR) is 80.7 cm³/mol. The van der Waals surface area contributed by atoms with Crippen LogP contribution in [0.4, 0.5) is 0 Å². The van der Waals surface area contributed by atoms with Crippen LogP contribution in [0, 0.1) is 0 Å². The summed E-state index contributed by atoms with van der Waals surface area (Å²) in [7, 11) is 3.50. The lowest BCUT2D eigenvalue weighted by Crippen LogP contribution is -2.38. The van der Waals surface area contributed by atoms with E-state index in [9.17, 15) is 4.79 Å². The molecule has 0 fully saturated rings. The van der Waals surface area contributed by atoms with Crippen LogP contribution in [-0.4, -0.2) is 36.3 Å². The molecule has 0 saturated heterocycles. The Morgan fingerprint density at radius 3 is 2.84 bits per heavy atom. The molecule has 0 bridgehead atoms. The van der Waals surface area contributed by atoms with Crippen LogP contribution >= 0.6 is 15.9 Å². The number of carbonyl (C=O) groups is 1. The molecule has 1 aromatic rings. The maximum absolute atomic E-state index is 12.5. The fourth-order valence-electron chi connectivity index (χ4n) is 2.41. The van der Waals surface area contributed by atoms with E-state index in [1.54, 1.807) is 7.11 Å². The second-order valence-electron chi connectivity index (χ2n) is 4.65. The molecule has 0 N–H and O–H groups in total. The Morgan fingerprint density at radius 2 is 2.26 bits per heavy atom. The molecule has 0 spiro atoms. The Kier molecular flexibility index (Phi) is 4.30. The van der Waals surface area contributed by atoms with Crippen molar-refractivity contribution in [3.63, 3.8) is 0 Å². The highest BCUT2D eigenvalue weighted by Crippen LogP contribution is 2.31. The zero-order valence-electron chi connectivity index (χ0n) is 11.4. The number of ether oxygens (including phenoxy) is 1. The highest BCUT2D eigenvalue weighted by molar-refractivity contribution is 9.09. The number of rotatable bonds is 2. The van der Waals surface area contributed by atoms with Crippen molar-refractivity contribution in [1.29, 1.82) is 0 Å². The highest BCUT2D eigenvalue weighted by atomic mass is 79.9. The van der Waals surface area contributed by atoms with E-state index in [2.05, 4.69) is 22.0 Å². The number of hydrogen-bond donors (Lipinski definition) is 0. The SMILES string of the molecule is C/C=C1/C(=O)N(C)[C@@H](CBr)Cc2ccc(OC)cc21. The van der Waals surface area contributed by atoms with Crippen molar-refractivity contribution < 1.29 is 9.53 Å². The summed E-state index contributed by atoms with van der Waals surface area (Å²) in [5, 5.41) is 0.775. The van der Waals surface area contributed by atoms with Crippen molar-refractivity contribution in [2.24, 2.45) is 0 Å². The van der Waals surface area contributed by atoms with Crippen molar-refractivity contribution in [3.8, 4) is 5.75 Å². The van der Waals surface area contributed by atoms with Gasteiger partial charge >= 0.3 is 0 Å². The maximum Gasteiger partial charge on any atom is 0.254 e. The molecule has 0 radical (unpaired) electrons. The normalized spacial score (nSPS) is 21.3. The molecule has 0 unspecified atom stereocenters.